The second kappa shape index (κ2) is 10.7. The number of likely N-dealkylation sites (tertiary alicyclic amines) is 1. The first-order valence-electron chi connectivity index (χ1n) is 10.6. The largest absolute Gasteiger partial charge is 0.494 e. The lowest BCUT2D eigenvalue weighted by atomic mass is 9.81. The fourth-order valence-corrected chi connectivity index (χ4v) is 3.93. The highest BCUT2D eigenvalue weighted by Gasteiger charge is 2.55. The molecule has 0 aliphatic carbocycles. The molecule has 2 aromatic carbocycles. The Morgan fingerprint density at radius 2 is 1.62 bits per heavy atom. The van der Waals surface area contributed by atoms with Crippen molar-refractivity contribution in [3.8, 4) is 11.5 Å². The molecule has 0 spiro atoms. The van der Waals surface area contributed by atoms with Crippen LogP contribution >= 0.6 is 0 Å². The molecule has 8 nitrogen and oxygen atoms in total. The molecule has 1 fully saturated rings. The Balaban J connectivity index is 1.56. The molecule has 3 rings (SSSR count). The molecule has 0 saturated carbocycles. The number of aliphatic carboxylic acids is 2. The fraction of sp³-hybridized carbons (Fsp3) is 0.375. The van der Waals surface area contributed by atoms with Gasteiger partial charge < -0.3 is 24.6 Å². The van der Waals surface area contributed by atoms with Crippen molar-refractivity contribution in [1.82, 2.24) is 4.90 Å². The minimum atomic E-state index is -1.22. The first-order valence-corrected chi connectivity index (χ1v) is 10.6. The highest BCUT2D eigenvalue weighted by atomic mass is 16.5. The highest BCUT2D eigenvalue weighted by molar-refractivity contribution is 5.99. The number of β-lactam (4-membered cyclic amide) rings is 1. The molecule has 3 atom stereocenters. The zero-order valence-corrected chi connectivity index (χ0v) is 17.8. The van der Waals surface area contributed by atoms with E-state index >= 15 is 0 Å². The van der Waals surface area contributed by atoms with Gasteiger partial charge in [0.1, 0.15) is 23.6 Å². The number of amides is 1. The SMILES string of the molecule is CCOc1ccc(OCCC[C@H]2C(=O)N(C(Cc3ccccc3)C(=O)O)[C@H]2C(=O)O)cc1. The summed E-state index contributed by atoms with van der Waals surface area (Å²) in [5.74, 6) is -2.21. The lowest BCUT2D eigenvalue weighted by molar-refractivity contribution is -0.180. The first kappa shape index (κ1) is 23.1. The zero-order chi connectivity index (χ0) is 23.1. The van der Waals surface area contributed by atoms with Gasteiger partial charge in [0.15, 0.2) is 0 Å². The van der Waals surface area contributed by atoms with Crippen LogP contribution in [-0.4, -0.2) is 58.3 Å². The number of carboxylic acids is 2. The number of hydrogen-bond acceptors (Lipinski definition) is 5. The van der Waals surface area contributed by atoms with Crippen LogP contribution in [0.2, 0.25) is 0 Å². The molecule has 0 aromatic heterocycles. The lowest BCUT2D eigenvalue weighted by Gasteiger charge is -2.47. The summed E-state index contributed by atoms with van der Waals surface area (Å²) in [6.45, 7) is 2.79. The summed E-state index contributed by atoms with van der Waals surface area (Å²) in [6, 6.07) is 13.6. The van der Waals surface area contributed by atoms with Gasteiger partial charge in [-0.3, -0.25) is 4.79 Å². The van der Waals surface area contributed by atoms with Crippen molar-refractivity contribution in [2.45, 2.75) is 38.3 Å². The van der Waals surface area contributed by atoms with Gasteiger partial charge in [0.2, 0.25) is 5.91 Å². The van der Waals surface area contributed by atoms with Crippen LogP contribution in [-0.2, 0) is 20.8 Å². The molecule has 1 aliphatic heterocycles. The van der Waals surface area contributed by atoms with Gasteiger partial charge in [-0.25, -0.2) is 9.59 Å². The van der Waals surface area contributed by atoms with E-state index in [1.54, 1.807) is 54.6 Å². The molecule has 1 amide bonds. The Bertz CT molecular complexity index is 929. The maximum Gasteiger partial charge on any atom is 0.327 e. The molecule has 8 heteroatoms. The number of nitrogens with zero attached hydrogens (tertiary/aromatic N) is 1. The number of carbonyl (C=O) groups is 3. The highest BCUT2D eigenvalue weighted by Crippen LogP contribution is 2.34. The predicted octanol–water partition coefficient (Wildman–Crippen LogP) is 2.85. The Labute approximate surface area is 186 Å². The molecule has 170 valence electrons. The predicted molar refractivity (Wildman–Crippen MR) is 116 cm³/mol. The number of benzene rings is 2. The molecular formula is C24H27NO7. The van der Waals surface area contributed by atoms with Crippen molar-refractivity contribution in [2.75, 3.05) is 13.2 Å². The monoisotopic (exact) mass is 441 g/mol. The summed E-state index contributed by atoms with van der Waals surface area (Å²) in [6.07, 6.45) is 0.831. The van der Waals surface area contributed by atoms with Crippen LogP contribution in [0.4, 0.5) is 0 Å². The topological polar surface area (TPSA) is 113 Å². The van der Waals surface area contributed by atoms with Crippen molar-refractivity contribution in [3.63, 3.8) is 0 Å². The zero-order valence-electron chi connectivity index (χ0n) is 17.8. The second-order valence-electron chi connectivity index (χ2n) is 7.57. The van der Waals surface area contributed by atoms with Crippen molar-refractivity contribution in [1.29, 1.82) is 0 Å². The van der Waals surface area contributed by atoms with Crippen molar-refractivity contribution < 1.29 is 34.1 Å². The van der Waals surface area contributed by atoms with Crippen LogP contribution in [0, 0.1) is 5.92 Å². The van der Waals surface area contributed by atoms with E-state index in [-0.39, 0.29) is 6.42 Å². The van der Waals surface area contributed by atoms with Crippen molar-refractivity contribution >= 4 is 17.8 Å². The Hall–Kier alpha value is -3.55. The summed E-state index contributed by atoms with van der Waals surface area (Å²) < 4.78 is 11.0. The van der Waals surface area contributed by atoms with E-state index < -0.39 is 35.8 Å². The van der Waals surface area contributed by atoms with Crippen LogP contribution < -0.4 is 9.47 Å². The normalized spacial score (nSPS) is 18.5. The third-order valence-corrected chi connectivity index (χ3v) is 5.46. The third-order valence-electron chi connectivity index (χ3n) is 5.46. The van der Waals surface area contributed by atoms with Gasteiger partial charge in [-0.2, -0.15) is 0 Å². The summed E-state index contributed by atoms with van der Waals surface area (Å²) >= 11 is 0. The van der Waals surface area contributed by atoms with Gasteiger partial charge in [-0.05, 0) is 49.6 Å². The maximum atomic E-state index is 12.7. The molecule has 1 heterocycles. The van der Waals surface area contributed by atoms with Crippen LogP contribution in [0.1, 0.15) is 25.3 Å². The molecule has 2 N–H and O–H groups in total. The van der Waals surface area contributed by atoms with Crippen molar-refractivity contribution in [2.24, 2.45) is 5.92 Å². The average molecular weight is 441 g/mol. The molecule has 1 unspecified atom stereocenters. The van der Waals surface area contributed by atoms with E-state index in [0.717, 1.165) is 16.2 Å². The first-order chi connectivity index (χ1) is 15.4. The molecule has 0 radical (unpaired) electrons. The molecular weight excluding hydrogens is 414 g/mol. The van der Waals surface area contributed by atoms with Gasteiger partial charge in [0.05, 0.1) is 19.1 Å². The van der Waals surface area contributed by atoms with Crippen LogP contribution in [0.5, 0.6) is 11.5 Å². The van der Waals surface area contributed by atoms with Gasteiger partial charge in [-0.1, -0.05) is 30.3 Å². The smallest absolute Gasteiger partial charge is 0.327 e. The second-order valence-corrected chi connectivity index (χ2v) is 7.57. The molecule has 1 aliphatic rings. The number of rotatable bonds is 12. The summed E-state index contributed by atoms with van der Waals surface area (Å²) in [5.41, 5.74) is 0.726. The average Bonchev–Trinajstić information content (AvgIpc) is 2.77. The molecule has 32 heavy (non-hydrogen) atoms. The Morgan fingerprint density at radius 3 is 2.19 bits per heavy atom. The molecule has 1 saturated heterocycles. The number of carboxylic acid groups (broad SMARTS) is 2. The van der Waals surface area contributed by atoms with E-state index in [1.165, 1.54) is 0 Å². The van der Waals surface area contributed by atoms with Crippen LogP contribution in [0.15, 0.2) is 54.6 Å². The van der Waals surface area contributed by atoms with Crippen LogP contribution in [0.25, 0.3) is 0 Å². The van der Waals surface area contributed by atoms with Gasteiger partial charge in [-0.15, -0.1) is 0 Å². The van der Waals surface area contributed by atoms with E-state index in [1.807, 2.05) is 6.92 Å². The lowest BCUT2D eigenvalue weighted by Crippen LogP contribution is -2.69. The standard InChI is InChI=1S/C24H27NO7/c1-2-31-17-10-12-18(13-11-17)32-14-6-9-19-21(24(29)30)25(22(19)26)20(23(27)28)15-16-7-4-3-5-8-16/h3-5,7-8,10-13,19-21H,2,6,9,14-15H2,1H3,(H,27,28)(H,29,30)/t19-,20?,21-/m1/s1. The van der Waals surface area contributed by atoms with E-state index in [9.17, 15) is 24.6 Å². The summed E-state index contributed by atoms with van der Waals surface area (Å²) in [7, 11) is 0. The number of ether oxygens (including phenoxy) is 2. The van der Waals surface area contributed by atoms with Gasteiger partial charge in [0.25, 0.3) is 0 Å². The minimum Gasteiger partial charge on any atom is -0.494 e. The molecule has 2 aromatic rings. The van der Waals surface area contributed by atoms with E-state index in [0.29, 0.717) is 31.8 Å². The molecule has 0 bridgehead atoms. The van der Waals surface area contributed by atoms with Gasteiger partial charge >= 0.3 is 11.9 Å². The van der Waals surface area contributed by atoms with Crippen LogP contribution in [0.3, 0.4) is 0 Å². The van der Waals surface area contributed by atoms with E-state index in [2.05, 4.69) is 0 Å². The van der Waals surface area contributed by atoms with Crippen molar-refractivity contribution in [3.05, 3.63) is 60.2 Å². The minimum absolute atomic E-state index is 0.0548. The quantitative estimate of drug-likeness (QED) is 0.385. The summed E-state index contributed by atoms with van der Waals surface area (Å²) in [4.78, 5) is 37.4. The van der Waals surface area contributed by atoms with E-state index in [4.69, 9.17) is 9.47 Å². The van der Waals surface area contributed by atoms with Gasteiger partial charge in [0, 0.05) is 6.42 Å². The fourth-order valence-electron chi connectivity index (χ4n) is 3.93. The summed E-state index contributed by atoms with van der Waals surface area (Å²) in [5, 5.41) is 19.3. The third kappa shape index (κ3) is 5.38. The number of hydrogen-bond donors (Lipinski definition) is 2. The maximum absolute atomic E-state index is 12.7. The Kier molecular flexibility index (Phi) is 7.70. The Morgan fingerprint density at radius 1 is 1.00 bits per heavy atom. The number of carbonyl (C=O) groups excluding carboxylic acids is 1.